The predicted molar refractivity (Wildman–Crippen MR) is 65.4 cm³/mol. The topological polar surface area (TPSA) is 61.0 Å². The molecule has 0 saturated carbocycles. The van der Waals surface area contributed by atoms with Gasteiger partial charge in [0.1, 0.15) is 0 Å². The molecular formula is C11H10BrN3O. The monoisotopic (exact) mass is 279 g/mol. The third-order valence-corrected chi connectivity index (χ3v) is 2.44. The molecule has 1 aromatic heterocycles. The molecule has 0 radical (unpaired) electrons. The lowest BCUT2D eigenvalue weighted by molar-refractivity contribution is 0.442. The van der Waals surface area contributed by atoms with Crippen molar-refractivity contribution in [1.82, 2.24) is 9.97 Å². The van der Waals surface area contributed by atoms with Crippen molar-refractivity contribution >= 4 is 21.6 Å². The minimum Gasteiger partial charge on any atom is -0.422 e. The molecule has 0 atom stereocenters. The van der Waals surface area contributed by atoms with Gasteiger partial charge >= 0.3 is 6.01 Å². The largest absolute Gasteiger partial charge is 0.422 e. The van der Waals surface area contributed by atoms with Crippen LogP contribution >= 0.6 is 15.9 Å². The van der Waals surface area contributed by atoms with Gasteiger partial charge in [0, 0.05) is 16.4 Å². The quantitative estimate of drug-likeness (QED) is 0.859. The summed E-state index contributed by atoms with van der Waals surface area (Å²) in [5.74, 6) is 0.550. The smallest absolute Gasteiger partial charge is 0.322 e. The fourth-order valence-electron chi connectivity index (χ4n) is 1.19. The maximum atomic E-state index is 5.80. The third-order valence-electron chi connectivity index (χ3n) is 1.95. The van der Waals surface area contributed by atoms with Gasteiger partial charge in [0.05, 0.1) is 5.69 Å². The molecule has 2 N–H and O–H groups in total. The minimum atomic E-state index is 0.300. The Morgan fingerprint density at radius 3 is 2.81 bits per heavy atom. The fourth-order valence-corrected chi connectivity index (χ4v) is 1.56. The molecule has 2 aromatic rings. The zero-order valence-corrected chi connectivity index (χ0v) is 10.2. The second kappa shape index (κ2) is 4.49. The lowest BCUT2D eigenvalue weighted by Gasteiger charge is -2.06. The van der Waals surface area contributed by atoms with Crippen LogP contribution in [0.3, 0.4) is 0 Å². The van der Waals surface area contributed by atoms with Crippen molar-refractivity contribution in [3.8, 4) is 11.8 Å². The summed E-state index contributed by atoms with van der Waals surface area (Å²) in [7, 11) is 0. The minimum absolute atomic E-state index is 0.300. The summed E-state index contributed by atoms with van der Waals surface area (Å²) < 4.78 is 6.38. The second-order valence-corrected chi connectivity index (χ2v) is 4.18. The van der Waals surface area contributed by atoms with Gasteiger partial charge < -0.3 is 10.5 Å². The molecule has 0 spiro atoms. The van der Waals surface area contributed by atoms with Gasteiger partial charge in [0.2, 0.25) is 0 Å². The Kier molecular flexibility index (Phi) is 3.05. The lowest BCUT2D eigenvalue weighted by Crippen LogP contribution is -1.96. The highest BCUT2D eigenvalue weighted by atomic mass is 79.9. The van der Waals surface area contributed by atoms with Crippen LogP contribution in [0.4, 0.5) is 5.69 Å². The van der Waals surface area contributed by atoms with Crippen molar-refractivity contribution in [3.63, 3.8) is 0 Å². The van der Waals surface area contributed by atoms with Crippen molar-refractivity contribution in [2.24, 2.45) is 0 Å². The molecule has 0 unspecified atom stereocenters. The normalized spacial score (nSPS) is 10.1. The highest BCUT2D eigenvalue weighted by Gasteiger charge is 2.04. The Labute approximate surface area is 102 Å². The second-order valence-electron chi connectivity index (χ2n) is 3.26. The highest BCUT2D eigenvalue weighted by molar-refractivity contribution is 9.10. The molecule has 0 fully saturated rings. The average molecular weight is 280 g/mol. The van der Waals surface area contributed by atoms with Gasteiger partial charge in [-0.3, -0.25) is 0 Å². The molecule has 0 aliphatic carbocycles. The number of benzene rings is 1. The summed E-state index contributed by atoms with van der Waals surface area (Å²) in [5, 5.41) is 0. The van der Waals surface area contributed by atoms with Crippen LogP contribution < -0.4 is 10.5 Å². The number of hydrogen-bond donors (Lipinski definition) is 1. The molecule has 0 saturated heterocycles. The van der Waals surface area contributed by atoms with E-state index in [1.54, 1.807) is 24.4 Å². The van der Waals surface area contributed by atoms with Crippen LogP contribution in [0, 0.1) is 6.92 Å². The predicted octanol–water partition coefficient (Wildman–Crippen LogP) is 2.92. The Hall–Kier alpha value is -1.62. The Morgan fingerprint density at radius 2 is 2.12 bits per heavy atom. The van der Waals surface area contributed by atoms with E-state index in [2.05, 4.69) is 25.9 Å². The number of nitrogens with two attached hydrogens (primary N) is 1. The van der Waals surface area contributed by atoms with Crippen molar-refractivity contribution in [3.05, 3.63) is 40.6 Å². The molecule has 82 valence electrons. The van der Waals surface area contributed by atoms with Gasteiger partial charge in [-0.2, -0.15) is 0 Å². The number of aromatic nitrogens is 2. The molecule has 2 rings (SSSR count). The zero-order chi connectivity index (χ0) is 11.5. The molecular weight excluding hydrogens is 270 g/mol. The number of aryl methyl sites for hydroxylation is 1. The third kappa shape index (κ3) is 2.49. The van der Waals surface area contributed by atoms with Crippen molar-refractivity contribution in [2.75, 3.05) is 5.73 Å². The van der Waals surface area contributed by atoms with Crippen LogP contribution in [0.1, 0.15) is 5.69 Å². The standard InChI is InChI=1S/C11H10BrN3O/c1-7-4-5-14-11(15-7)16-10-3-2-8(12)6-9(10)13/h2-6H,13H2,1H3. The first kappa shape index (κ1) is 10.9. The number of nitrogen functional groups attached to an aromatic ring is 1. The van der Waals surface area contributed by atoms with Crippen molar-refractivity contribution in [2.45, 2.75) is 6.92 Å². The molecule has 0 bridgehead atoms. The van der Waals surface area contributed by atoms with E-state index in [4.69, 9.17) is 10.5 Å². The summed E-state index contributed by atoms with van der Waals surface area (Å²) in [5.41, 5.74) is 7.19. The number of halogens is 1. The van der Waals surface area contributed by atoms with Gasteiger partial charge in [-0.1, -0.05) is 15.9 Å². The van der Waals surface area contributed by atoms with E-state index in [0.29, 0.717) is 17.4 Å². The number of ether oxygens (including phenoxy) is 1. The van der Waals surface area contributed by atoms with E-state index in [9.17, 15) is 0 Å². The molecule has 0 aliphatic rings. The van der Waals surface area contributed by atoms with Crippen LogP contribution in [0.2, 0.25) is 0 Å². The number of anilines is 1. The number of nitrogens with zero attached hydrogens (tertiary/aromatic N) is 2. The summed E-state index contributed by atoms with van der Waals surface area (Å²) in [4.78, 5) is 8.13. The molecule has 5 heteroatoms. The summed E-state index contributed by atoms with van der Waals surface area (Å²) in [6, 6.07) is 7.49. The molecule has 4 nitrogen and oxygen atoms in total. The maximum absolute atomic E-state index is 5.80. The number of rotatable bonds is 2. The molecule has 0 aliphatic heterocycles. The Balaban J connectivity index is 2.27. The van der Waals surface area contributed by atoms with Gasteiger partial charge in [0.15, 0.2) is 5.75 Å². The van der Waals surface area contributed by atoms with E-state index < -0.39 is 0 Å². The summed E-state index contributed by atoms with van der Waals surface area (Å²) in [6.07, 6.45) is 1.65. The van der Waals surface area contributed by atoms with E-state index in [1.165, 1.54) is 0 Å². The van der Waals surface area contributed by atoms with Gasteiger partial charge in [-0.05, 0) is 31.2 Å². The van der Waals surface area contributed by atoms with Crippen LogP contribution in [0.5, 0.6) is 11.8 Å². The van der Waals surface area contributed by atoms with Crippen LogP contribution in [-0.4, -0.2) is 9.97 Å². The van der Waals surface area contributed by atoms with Crippen LogP contribution in [0.15, 0.2) is 34.9 Å². The van der Waals surface area contributed by atoms with E-state index in [-0.39, 0.29) is 0 Å². The fraction of sp³-hybridized carbons (Fsp3) is 0.0909. The summed E-state index contributed by atoms with van der Waals surface area (Å²) >= 11 is 3.33. The molecule has 0 amide bonds. The van der Waals surface area contributed by atoms with Crippen LogP contribution in [0.25, 0.3) is 0 Å². The first-order valence-electron chi connectivity index (χ1n) is 4.67. The van der Waals surface area contributed by atoms with Crippen LogP contribution in [-0.2, 0) is 0 Å². The Bertz CT molecular complexity index is 516. The first-order chi connectivity index (χ1) is 7.65. The van der Waals surface area contributed by atoms with Gasteiger partial charge in [0.25, 0.3) is 0 Å². The van der Waals surface area contributed by atoms with E-state index in [0.717, 1.165) is 10.2 Å². The average Bonchev–Trinajstić information content (AvgIpc) is 2.22. The molecule has 1 aromatic carbocycles. The SMILES string of the molecule is Cc1ccnc(Oc2ccc(Br)cc2N)n1. The van der Waals surface area contributed by atoms with Gasteiger partial charge in [-0.25, -0.2) is 9.97 Å². The lowest BCUT2D eigenvalue weighted by atomic mass is 10.3. The molecule has 1 heterocycles. The van der Waals surface area contributed by atoms with Crippen molar-refractivity contribution in [1.29, 1.82) is 0 Å². The maximum Gasteiger partial charge on any atom is 0.322 e. The highest BCUT2D eigenvalue weighted by Crippen LogP contribution is 2.28. The van der Waals surface area contributed by atoms with Crippen molar-refractivity contribution < 1.29 is 4.74 Å². The summed E-state index contributed by atoms with van der Waals surface area (Å²) in [6.45, 7) is 1.87. The number of hydrogen-bond acceptors (Lipinski definition) is 4. The Morgan fingerprint density at radius 1 is 1.31 bits per heavy atom. The molecule has 16 heavy (non-hydrogen) atoms. The van der Waals surface area contributed by atoms with E-state index in [1.807, 2.05) is 13.0 Å². The van der Waals surface area contributed by atoms with Gasteiger partial charge in [-0.15, -0.1) is 0 Å². The van der Waals surface area contributed by atoms with E-state index >= 15 is 0 Å². The first-order valence-corrected chi connectivity index (χ1v) is 5.47. The zero-order valence-electron chi connectivity index (χ0n) is 8.64.